The summed E-state index contributed by atoms with van der Waals surface area (Å²) in [6.45, 7) is 8.85. The first-order valence-corrected chi connectivity index (χ1v) is 21.9. The predicted molar refractivity (Wildman–Crippen MR) is 247 cm³/mol. The van der Waals surface area contributed by atoms with Crippen LogP contribution in [0.4, 0.5) is 34.1 Å². The number of benzene rings is 8. The zero-order chi connectivity index (χ0) is 47.2. The molecular formula is C53H43BN2Si. The fourth-order valence-electron chi connectivity index (χ4n) is 9.66. The Labute approximate surface area is 351 Å². The minimum Gasteiger partial charge on any atom is -0.311 e. The molecule has 272 valence electrons. The summed E-state index contributed by atoms with van der Waals surface area (Å²) in [5.74, 6) is 0. The largest absolute Gasteiger partial charge is 0.311 e. The van der Waals surface area contributed by atoms with E-state index in [2.05, 4.69) is 104 Å². The molecule has 0 aliphatic carbocycles. The number of para-hydroxylation sites is 2. The van der Waals surface area contributed by atoms with Crippen LogP contribution in [0.2, 0.25) is 6.55 Å². The Hall–Kier alpha value is -6.36. The number of anilines is 6. The van der Waals surface area contributed by atoms with Crippen LogP contribution in [-0.2, 0) is 5.41 Å². The Balaban J connectivity index is 1.31. The second-order valence-electron chi connectivity index (χ2n) is 16.3. The lowest BCUT2D eigenvalue weighted by Crippen LogP contribution is -2.83. The van der Waals surface area contributed by atoms with Gasteiger partial charge in [-0.25, -0.2) is 0 Å². The molecule has 1 unspecified atom stereocenters. The van der Waals surface area contributed by atoms with Crippen LogP contribution in [0, 0.1) is 0 Å². The van der Waals surface area contributed by atoms with E-state index in [1.165, 1.54) is 15.6 Å². The Kier molecular flexibility index (Phi) is 5.52. The molecule has 0 bridgehead atoms. The van der Waals surface area contributed by atoms with Gasteiger partial charge in [0, 0.05) is 33.9 Å². The minimum absolute atomic E-state index is 0.110. The number of nitrogens with zero attached hydrogens (tertiary/aromatic N) is 2. The number of rotatable bonds is 5. The summed E-state index contributed by atoms with van der Waals surface area (Å²) >= 11 is 0. The van der Waals surface area contributed by atoms with E-state index >= 15 is 0 Å². The standard InChI is InChI=1S/C53H43BN2Si/c1-53(2,3)38-34-47-52-49(35-38)57(4,39-24-12-7-13-25-39)48-33-19-32-46-51(48)54(52)50-44(55(46)42-28-16-14-26-40(42)36-20-8-5-9-21-36)30-18-31-45(50)56(47)43-29-17-15-27-41(43)37-22-10-6-11-23-37/h5-35H,1-4H3/i5D,6D,8D,9D,10D,11D,20D,21D,22D,23D. The normalized spacial score (nSPS) is 18.5. The monoisotopic (exact) mass is 756 g/mol. The zero-order valence-electron chi connectivity index (χ0n) is 42.1. The fourth-order valence-corrected chi connectivity index (χ4v) is 13.9. The quantitative estimate of drug-likeness (QED) is 0.162. The van der Waals surface area contributed by atoms with E-state index in [-0.39, 0.29) is 47.4 Å². The maximum absolute atomic E-state index is 9.19. The summed E-state index contributed by atoms with van der Waals surface area (Å²) in [6, 6.07) is 39.6. The van der Waals surface area contributed by atoms with Crippen LogP contribution in [0.1, 0.15) is 40.0 Å². The van der Waals surface area contributed by atoms with Crippen molar-refractivity contribution in [1.82, 2.24) is 0 Å². The molecule has 11 rings (SSSR count). The minimum atomic E-state index is -2.95. The molecule has 3 heterocycles. The third-order valence-corrected chi connectivity index (χ3v) is 16.7. The fraction of sp³-hybridized carbons (Fsp3) is 0.0943. The molecule has 8 aromatic rings. The van der Waals surface area contributed by atoms with Crippen molar-refractivity contribution in [3.8, 4) is 22.3 Å². The summed E-state index contributed by atoms with van der Waals surface area (Å²) in [7, 11) is -2.95. The van der Waals surface area contributed by atoms with E-state index in [1.54, 1.807) is 0 Å². The van der Waals surface area contributed by atoms with Crippen molar-refractivity contribution >= 4 is 80.9 Å². The van der Waals surface area contributed by atoms with Crippen LogP contribution >= 0.6 is 0 Å². The summed E-state index contributed by atoms with van der Waals surface area (Å²) in [6.07, 6.45) is 0. The van der Waals surface area contributed by atoms with Crippen LogP contribution in [0.3, 0.4) is 0 Å². The van der Waals surface area contributed by atoms with Gasteiger partial charge >= 0.3 is 0 Å². The molecule has 57 heavy (non-hydrogen) atoms. The number of hydrogen-bond donors (Lipinski definition) is 0. The predicted octanol–water partition coefficient (Wildman–Crippen LogP) is 9.81. The molecular weight excluding hydrogens is 703 g/mol. The van der Waals surface area contributed by atoms with E-state index in [0.717, 1.165) is 44.7 Å². The molecule has 0 saturated heterocycles. The first-order chi connectivity index (χ1) is 32.0. The van der Waals surface area contributed by atoms with Crippen LogP contribution < -0.4 is 41.7 Å². The molecule has 2 nitrogen and oxygen atoms in total. The molecule has 4 heteroatoms. The topological polar surface area (TPSA) is 6.48 Å². The summed E-state index contributed by atoms with van der Waals surface area (Å²) in [5.41, 5.74) is 10.2. The van der Waals surface area contributed by atoms with Gasteiger partial charge in [-0.05, 0) is 80.1 Å². The summed E-state index contributed by atoms with van der Waals surface area (Å²) in [5, 5.41) is 3.76. The van der Waals surface area contributed by atoms with Gasteiger partial charge in [-0.2, -0.15) is 0 Å². The first-order valence-electron chi connectivity index (χ1n) is 24.4. The molecule has 8 aromatic carbocycles. The summed E-state index contributed by atoms with van der Waals surface area (Å²) in [4.78, 5) is 4.43. The zero-order valence-corrected chi connectivity index (χ0v) is 33.1. The molecule has 0 N–H and O–H groups in total. The van der Waals surface area contributed by atoms with Gasteiger partial charge in [0.2, 0.25) is 0 Å². The van der Waals surface area contributed by atoms with E-state index in [9.17, 15) is 2.74 Å². The molecule has 0 radical (unpaired) electrons. The average molecular weight is 757 g/mol. The van der Waals surface area contributed by atoms with Gasteiger partial charge in [-0.15, -0.1) is 0 Å². The van der Waals surface area contributed by atoms with Gasteiger partial charge in [0.1, 0.15) is 8.07 Å². The molecule has 1 atom stereocenters. The van der Waals surface area contributed by atoms with Crippen molar-refractivity contribution in [1.29, 1.82) is 0 Å². The lowest BCUT2D eigenvalue weighted by molar-refractivity contribution is 0.591. The Morgan fingerprint density at radius 2 is 0.947 bits per heavy atom. The lowest BCUT2D eigenvalue weighted by Gasteiger charge is -2.51. The Morgan fingerprint density at radius 3 is 1.53 bits per heavy atom. The van der Waals surface area contributed by atoms with E-state index in [4.69, 9.17) is 11.0 Å². The van der Waals surface area contributed by atoms with Crippen molar-refractivity contribution in [3.05, 3.63) is 193 Å². The molecule has 3 aliphatic heterocycles. The van der Waals surface area contributed by atoms with Crippen LogP contribution in [0.15, 0.2) is 188 Å². The van der Waals surface area contributed by atoms with Gasteiger partial charge < -0.3 is 9.80 Å². The van der Waals surface area contributed by atoms with Gasteiger partial charge in [-0.1, -0.05) is 189 Å². The van der Waals surface area contributed by atoms with Crippen molar-refractivity contribution in [2.45, 2.75) is 32.7 Å². The van der Waals surface area contributed by atoms with Gasteiger partial charge in [0.15, 0.2) is 0 Å². The third kappa shape index (κ3) is 4.90. The molecule has 3 aliphatic rings. The highest BCUT2D eigenvalue weighted by Crippen LogP contribution is 2.48. The van der Waals surface area contributed by atoms with Crippen LogP contribution in [0.25, 0.3) is 22.3 Å². The second kappa shape index (κ2) is 12.6. The smallest absolute Gasteiger partial charge is 0.251 e. The van der Waals surface area contributed by atoms with Crippen molar-refractivity contribution in [2.24, 2.45) is 0 Å². The maximum atomic E-state index is 9.19. The first kappa shape index (κ1) is 25.0. The second-order valence-corrected chi connectivity index (χ2v) is 20.2. The van der Waals surface area contributed by atoms with E-state index in [1.807, 2.05) is 60.7 Å². The van der Waals surface area contributed by atoms with Gasteiger partial charge in [-0.3, -0.25) is 0 Å². The highest BCUT2D eigenvalue weighted by atomic mass is 28.3. The van der Waals surface area contributed by atoms with Crippen molar-refractivity contribution in [3.63, 3.8) is 0 Å². The van der Waals surface area contributed by atoms with Gasteiger partial charge in [0.25, 0.3) is 6.71 Å². The van der Waals surface area contributed by atoms with E-state index in [0.29, 0.717) is 22.5 Å². The molecule has 0 saturated carbocycles. The molecule has 0 amide bonds. The van der Waals surface area contributed by atoms with E-state index < -0.39 is 44.3 Å². The molecule has 0 spiro atoms. The van der Waals surface area contributed by atoms with Crippen LogP contribution in [-0.4, -0.2) is 14.8 Å². The molecule has 0 aromatic heterocycles. The lowest BCUT2D eigenvalue weighted by atomic mass is 9.33. The van der Waals surface area contributed by atoms with Crippen molar-refractivity contribution < 1.29 is 13.7 Å². The Bertz CT molecular complexity index is 3410. The summed E-state index contributed by atoms with van der Waals surface area (Å²) < 4.78 is 88.3. The SMILES string of the molecule is [2H]c1c([2H])c([2H])c(-c2ccccc2N2c3cccc4c3B3c5c2cccc5[Si](C)(c2ccccc2)c2cc(C(C)(C)C)cc(c23)N4c2ccccc2-c2c([2H])c([2H])c([2H])c([2H])c2[2H])c([2H])c1[2H]. The Morgan fingerprint density at radius 1 is 0.474 bits per heavy atom. The third-order valence-electron chi connectivity index (χ3n) is 12.3. The number of hydrogen-bond acceptors (Lipinski definition) is 2. The highest BCUT2D eigenvalue weighted by molar-refractivity contribution is 7.21. The van der Waals surface area contributed by atoms with Crippen molar-refractivity contribution in [2.75, 3.05) is 9.80 Å². The van der Waals surface area contributed by atoms with Crippen LogP contribution in [0.5, 0.6) is 0 Å². The maximum Gasteiger partial charge on any atom is 0.251 e. The molecule has 0 fully saturated rings. The highest BCUT2D eigenvalue weighted by Gasteiger charge is 2.54. The van der Waals surface area contributed by atoms with Gasteiger partial charge in [0.05, 0.1) is 25.1 Å². The average Bonchev–Trinajstić information content (AvgIpc) is 3.33.